The second-order valence-electron chi connectivity index (χ2n) is 9.41. The number of carboxylic acid groups (broad SMARTS) is 1. The van der Waals surface area contributed by atoms with Crippen molar-refractivity contribution in [1.82, 2.24) is 15.0 Å². The molecule has 5 aromatic rings. The van der Waals surface area contributed by atoms with Gasteiger partial charge >= 0.3 is 5.97 Å². The molecule has 41 heavy (non-hydrogen) atoms. The molecule has 8 nitrogen and oxygen atoms in total. The molecule has 208 valence electrons. The predicted octanol–water partition coefficient (Wildman–Crippen LogP) is 6.71. The SMILES string of the molecule is COc1ccc(CN(Cc2ccc(OC)cc2)c2cc(C)cc(-c3c(Cl)cc4c(C(=O)O)ncnc4c3F)n2)cc1. The lowest BCUT2D eigenvalue weighted by molar-refractivity contribution is 0.0692. The van der Waals surface area contributed by atoms with Crippen LogP contribution in [0.15, 0.2) is 73.1 Å². The van der Waals surface area contributed by atoms with Gasteiger partial charge in [-0.1, -0.05) is 35.9 Å². The van der Waals surface area contributed by atoms with Crippen molar-refractivity contribution in [3.05, 3.63) is 106 Å². The van der Waals surface area contributed by atoms with Gasteiger partial charge in [-0.05, 0) is 66.1 Å². The molecule has 0 bridgehead atoms. The fourth-order valence-corrected chi connectivity index (χ4v) is 4.88. The Labute approximate surface area is 241 Å². The summed E-state index contributed by atoms with van der Waals surface area (Å²) in [5.41, 5.74) is 2.75. The summed E-state index contributed by atoms with van der Waals surface area (Å²) in [6, 6.07) is 20.5. The molecule has 0 aliphatic heterocycles. The summed E-state index contributed by atoms with van der Waals surface area (Å²) in [6.07, 6.45) is 1.02. The van der Waals surface area contributed by atoms with Gasteiger partial charge in [0.1, 0.15) is 29.2 Å². The lowest BCUT2D eigenvalue weighted by Crippen LogP contribution is -2.23. The molecule has 0 saturated heterocycles. The van der Waals surface area contributed by atoms with Gasteiger partial charge in [0, 0.05) is 18.5 Å². The maximum absolute atomic E-state index is 15.9. The Morgan fingerprint density at radius 1 is 0.927 bits per heavy atom. The van der Waals surface area contributed by atoms with Gasteiger partial charge in [-0.3, -0.25) is 0 Å². The molecule has 3 aromatic carbocycles. The third kappa shape index (κ3) is 5.90. The van der Waals surface area contributed by atoms with Gasteiger partial charge in [-0.25, -0.2) is 24.1 Å². The number of fused-ring (bicyclic) bond motifs is 1. The van der Waals surface area contributed by atoms with Gasteiger partial charge in [0.15, 0.2) is 11.5 Å². The average Bonchev–Trinajstić information content (AvgIpc) is 2.97. The molecule has 0 spiro atoms. The van der Waals surface area contributed by atoms with Gasteiger partial charge in [0.05, 0.1) is 30.5 Å². The fourth-order valence-electron chi connectivity index (χ4n) is 4.59. The van der Waals surface area contributed by atoms with Crippen LogP contribution in [0.3, 0.4) is 0 Å². The number of aryl methyl sites for hydroxylation is 1. The summed E-state index contributed by atoms with van der Waals surface area (Å²) in [5.74, 6) is 0.0455. The summed E-state index contributed by atoms with van der Waals surface area (Å²) in [5, 5.41) is 9.52. The van der Waals surface area contributed by atoms with Crippen molar-refractivity contribution in [2.75, 3.05) is 19.1 Å². The summed E-state index contributed by atoms with van der Waals surface area (Å²) in [7, 11) is 3.24. The van der Waals surface area contributed by atoms with Crippen LogP contribution in [0, 0.1) is 12.7 Å². The van der Waals surface area contributed by atoms with Gasteiger partial charge < -0.3 is 19.5 Å². The molecule has 2 aromatic heterocycles. The Balaban J connectivity index is 1.60. The Bertz CT molecular complexity index is 1680. The number of nitrogens with zero attached hydrogens (tertiary/aromatic N) is 4. The van der Waals surface area contributed by atoms with Crippen LogP contribution in [0.1, 0.15) is 27.2 Å². The maximum Gasteiger partial charge on any atom is 0.355 e. The number of halogens is 2. The van der Waals surface area contributed by atoms with E-state index in [1.165, 1.54) is 6.07 Å². The number of aromatic nitrogens is 3. The van der Waals surface area contributed by atoms with Crippen LogP contribution < -0.4 is 14.4 Å². The van der Waals surface area contributed by atoms with E-state index in [1.54, 1.807) is 20.3 Å². The molecule has 1 N–H and O–H groups in total. The molecule has 0 atom stereocenters. The highest BCUT2D eigenvalue weighted by molar-refractivity contribution is 6.34. The van der Waals surface area contributed by atoms with Crippen molar-refractivity contribution < 1.29 is 23.8 Å². The number of benzene rings is 3. The Kier molecular flexibility index (Phi) is 7.98. The van der Waals surface area contributed by atoms with Crippen molar-refractivity contribution in [2.45, 2.75) is 20.0 Å². The Morgan fingerprint density at radius 2 is 1.51 bits per heavy atom. The van der Waals surface area contributed by atoms with Crippen LogP contribution in [0.4, 0.5) is 10.2 Å². The van der Waals surface area contributed by atoms with E-state index < -0.39 is 11.8 Å². The minimum atomic E-state index is -1.30. The molecule has 0 unspecified atom stereocenters. The number of hydrogen-bond donors (Lipinski definition) is 1. The first-order chi connectivity index (χ1) is 19.8. The van der Waals surface area contributed by atoms with E-state index >= 15 is 4.39 Å². The highest BCUT2D eigenvalue weighted by atomic mass is 35.5. The summed E-state index contributed by atoms with van der Waals surface area (Å²) in [6.45, 7) is 2.91. The first-order valence-electron chi connectivity index (χ1n) is 12.6. The zero-order chi connectivity index (χ0) is 29.1. The zero-order valence-electron chi connectivity index (χ0n) is 22.6. The number of hydrogen-bond acceptors (Lipinski definition) is 7. The molecule has 0 aliphatic carbocycles. The minimum Gasteiger partial charge on any atom is -0.497 e. The first kappa shape index (κ1) is 27.8. The number of rotatable bonds is 9. The van der Waals surface area contributed by atoms with Crippen molar-refractivity contribution in [3.8, 4) is 22.8 Å². The van der Waals surface area contributed by atoms with Gasteiger partial charge in [0.25, 0.3) is 0 Å². The lowest BCUT2D eigenvalue weighted by atomic mass is 10.0. The molecular weight excluding hydrogens is 547 g/mol. The van der Waals surface area contributed by atoms with Crippen LogP contribution in [0.2, 0.25) is 5.02 Å². The summed E-state index contributed by atoms with van der Waals surface area (Å²) >= 11 is 6.55. The predicted molar refractivity (Wildman–Crippen MR) is 155 cm³/mol. The van der Waals surface area contributed by atoms with Crippen LogP contribution in [-0.4, -0.2) is 40.2 Å². The van der Waals surface area contributed by atoms with E-state index in [2.05, 4.69) is 14.9 Å². The highest BCUT2D eigenvalue weighted by Gasteiger charge is 2.22. The van der Waals surface area contributed by atoms with Crippen LogP contribution in [0.25, 0.3) is 22.2 Å². The molecule has 5 rings (SSSR count). The van der Waals surface area contributed by atoms with E-state index in [4.69, 9.17) is 26.1 Å². The number of pyridine rings is 1. The fraction of sp³-hybridized carbons (Fsp3) is 0.161. The third-order valence-electron chi connectivity index (χ3n) is 6.63. The van der Waals surface area contributed by atoms with Crippen LogP contribution in [-0.2, 0) is 13.1 Å². The second kappa shape index (κ2) is 11.8. The third-order valence-corrected chi connectivity index (χ3v) is 6.92. The summed E-state index contributed by atoms with van der Waals surface area (Å²) < 4.78 is 26.5. The van der Waals surface area contributed by atoms with Crippen molar-refractivity contribution in [1.29, 1.82) is 0 Å². The standard InChI is InChI=1S/C31H26ClFN4O4/c1-18-12-25(27-24(32)14-23-29(28(27)33)34-17-35-30(23)31(38)39)36-26(13-18)37(15-19-4-8-21(40-2)9-5-19)16-20-6-10-22(41-3)11-7-20/h4-14,17H,15-16H2,1-3H3,(H,38,39). The zero-order valence-corrected chi connectivity index (χ0v) is 23.3. The molecule has 0 saturated carbocycles. The average molecular weight is 573 g/mol. The minimum absolute atomic E-state index is 0.00760. The smallest absolute Gasteiger partial charge is 0.355 e. The van der Waals surface area contributed by atoms with Crippen LogP contribution >= 0.6 is 11.6 Å². The molecule has 2 heterocycles. The molecule has 0 fully saturated rings. The quantitative estimate of drug-likeness (QED) is 0.208. The number of aromatic carboxylic acids is 1. The molecule has 0 radical (unpaired) electrons. The Morgan fingerprint density at radius 3 is 2.05 bits per heavy atom. The van der Waals surface area contributed by atoms with Crippen LogP contribution in [0.5, 0.6) is 11.5 Å². The van der Waals surface area contributed by atoms with E-state index in [-0.39, 0.29) is 27.2 Å². The van der Waals surface area contributed by atoms with Crippen molar-refractivity contribution in [3.63, 3.8) is 0 Å². The summed E-state index contributed by atoms with van der Waals surface area (Å²) in [4.78, 5) is 26.3. The maximum atomic E-state index is 15.9. The number of methoxy groups -OCH3 is 2. The van der Waals surface area contributed by atoms with E-state index in [9.17, 15) is 9.90 Å². The van der Waals surface area contributed by atoms with E-state index in [0.29, 0.717) is 24.6 Å². The van der Waals surface area contributed by atoms with Gasteiger partial charge in [-0.2, -0.15) is 0 Å². The highest BCUT2D eigenvalue weighted by Crippen LogP contribution is 2.36. The van der Waals surface area contributed by atoms with Gasteiger partial charge in [0.2, 0.25) is 0 Å². The first-order valence-corrected chi connectivity index (χ1v) is 13.0. The van der Waals surface area contributed by atoms with E-state index in [0.717, 1.165) is 34.5 Å². The number of ether oxygens (including phenoxy) is 2. The van der Waals surface area contributed by atoms with Crippen molar-refractivity contribution in [2.24, 2.45) is 0 Å². The van der Waals surface area contributed by atoms with Gasteiger partial charge in [-0.15, -0.1) is 0 Å². The van der Waals surface area contributed by atoms with E-state index in [1.807, 2.05) is 61.5 Å². The molecule has 0 aliphatic rings. The number of carbonyl (C=O) groups is 1. The topological polar surface area (TPSA) is 97.7 Å². The second-order valence-corrected chi connectivity index (χ2v) is 9.82. The molecule has 0 amide bonds. The number of anilines is 1. The number of carboxylic acids is 1. The Hall–Kier alpha value is -4.76. The molecule has 10 heteroatoms. The van der Waals surface area contributed by atoms with Crippen molar-refractivity contribution >= 4 is 34.3 Å². The normalized spacial score (nSPS) is 11.0. The lowest BCUT2D eigenvalue weighted by Gasteiger charge is -2.25. The largest absolute Gasteiger partial charge is 0.497 e. The molecular formula is C31H26ClFN4O4. The monoisotopic (exact) mass is 572 g/mol.